The molecule has 0 unspecified atom stereocenters. The fourth-order valence-corrected chi connectivity index (χ4v) is 3.15. The first-order valence-corrected chi connectivity index (χ1v) is 9.12. The molecule has 1 N–H and O–H groups in total. The summed E-state index contributed by atoms with van der Waals surface area (Å²) in [6.07, 6.45) is 1.63. The van der Waals surface area contributed by atoms with Crippen molar-refractivity contribution in [2.24, 2.45) is 0 Å². The van der Waals surface area contributed by atoms with Gasteiger partial charge in [-0.15, -0.1) is 0 Å². The van der Waals surface area contributed by atoms with Crippen LogP contribution in [0.5, 0.6) is 5.75 Å². The fraction of sp³-hybridized carbons (Fsp3) is 0.421. The Morgan fingerprint density at radius 1 is 1.07 bits per heavy atom. The van der Waals surface area contributed by atoms with Gasteiger partial charge in [0.05, 0.1) is 13.4 Å². The number of imidazole rings is 1. The van der Waals surface area contributed by atoms with E-state index in [-0.39, 0.29) is 11.2 Å². The summed E-state index contributed by atoms with van der Waals surface area (Å²) in [4.78, 5) is 29.4. The predicted octanol–water partition coefficient (Wildman–Crippen LogP) is 1.20. The van der Waals surface area contributed by atoms with Gasteiger partial charge in [-0.05, 0) is 31.5 Å². The molecule has 8 heteroatoms. The fourth-order valence-electron chi connectivity index (χ4n) is 3.15. The quantitative estimate of drug-likeness (QED) is 0.602. The van der Waals surface area contributed by atoms with Gasteiger partial charge in [0.2, 0.25) is 0 Å². The normalized spacial score (nSPS) is 11.2. The maximum atomic E-state index is 12.7. The van der Waals surface area contributed by atoms with E-state index in [4.69, 9.17) is 4.74 Å². The van der Waals surface area contributed by atoms with Crippen LogP contribution in [0.3, 0.4) is 0 Å². The zero-order valence-electron chi connectivity index (χ0n) is 15.9. The van der Waals surface area contributed by atoms with Crippen LogP contribution in [0.15, 0.2) is 40.2 Å². The molecule has 0 atom stereocenters. The number of benzene rings is 1. The van der Waals surface area contributed by atoms with Gasteiger partial charge in [0.15, 0.2) is 11.2 Å². The minimum atomic E-state index is -0.305. The SMILES string of the molecule is CCn1c(=O)c2c(ncn2CCNCc2ccc(OC)cc2)n(CC)c1=O. The second kappa shape index (κ2) is 8.22. The van der Waals surface area contributed by atoms with Crippen molar-refractivity contribution in [2.75, 3.05) is 13.7 Å². The lowest BCUT2D eigenvalue weighted by molar-refractivity contribution is 0.414. The monoisotopic (exact) mass is 371 g/mol. The lowest BCUT2D eigenvalue weighted by Gasteiger charge is -2.10. The topological polar surface area (TPSA) is 83.1 Å². The average Bonchev–Trinajstić information content (AvgIpc) is 3.10. The Balaban J connectivity index is 1.75. The first kappa shape index (κ1) is 18.9. The van der Waals surface area contributed by atoms with E-state index in [0.717, 1.165) is 17.9 Å². The van der Waals surface area contributed by atoms with Crippen LogP contribution >= 0.6 is 0 Å². The molecule has 8 nitrogen and oxygen atoms in total. The van der Waals surface area contributed by atoms with Crippen molar-refractivity contribution in [1.82, 2.24) is 24.0 Å². The van der Waals surface area contributed by atoms with Crippen molar-refractivity contribution in [3.8, 4) is 5.75 Å². The van der Waals surface area contributed by atoms with Gasteiger partial charge in [-0.1, -0.05) is 12.1 Å². The molecule has 2 aromatic heterocycles. The Morgan fingerprint density at radius 3 is 2.41 bits per heavy atom. The molecule has 0 aliphatic rings. The first-order valence-electron chi connectivity index (χ1n) is 9.12. The minimum absolute atomic E-state index is 0.283. The van der Waals surface area contributed by atoms with Crippen molar-refractivity contribution >= 4 is 11.2 Å². The summed E-state index contributed by atoms with van der Waals surface area (Å²) in [7, 11) is 1.65. The van der Waals surface area contributed by atoms with E-state index in [1.807, 2.05) is 35.8 Å². The van der Waals surface area contributed by atoms with Crippen molar-refractivity contribution in [3.05, 3.63) is 57.0 Å². The van der Waals surface area contributed by atoms with Gasteiger partial charge in [-0.25, -0.2) is 9.78 Å². The average molecular weight is 371 g/mol. The third-order valence-electron chi connectivity index (χ3n) is 4.63. The zero-order chi connectivity index (χ0) is 19.4. The van der Waals surface area contributed by atoms with E-state index >= 15 is 0 Å². The van der Waals surface area contributed by atoms with Gasteiger partial charge in [0.1, 0.15) is 5.75 Å². The van der Waals surface area contributed by atoms with Gasteiger partial charge in [0.25, 0.3) is 5.56 Å². The van der Waals surface area contributed by atoms with E-state index < -0.39 is 0 Å². The van der Waals surface area contributed by atoms with E-state index in [1.165, 1.54) is 4.57 Å². The molecule has 0 saturated carbocycles. The molecule has 3 aromatic rings. The Morgan fingerprint density at radius 2 is 1.78 bits per heavy atom. The number of hydrogen-bond donors (Lipinski definition) is 1. The van der Waals surface area contributed by atoms with E-state index in [9.17, 15) is 9.59 Å². The largest absolute Gasteiger partial charge is 0.497 e. The molecule has 0 saturated heterocycles. The Bertz CT molecular complexity index is 1030. The Kier molecular flexibility index (Phi) is 5.75. The number of ether oxygens (including phenoxy) is 1. The van der Waals surface area contributed by atoms with Crippen LogP contribution in [0, 0.1) is 0 Å². The molecule has 0 fully saturated rings. The number of aryl methyl sites for hydroxylation is 1. The highest BCUT2D eigenvalue weighted by Crippen LogP contribution is 2.11. The molecule has 0 aliphatic heterocycles. The summed E-state index contributed by atoms with van der Waals surface area (Å²) in [5.41, 5.74) is 1.49. The molecule has 0 aliphatic carbocycles. The van der Waals surface area contributed by atoms with E-state index in [0.29, 0.717) is 37.3 Å². The first-order chi connectivity index (χ1) is 13.1. The summed E-state index contributed by atoms with van der Waals surface area (Å²) in [6, 6.07) is 7.88. The highest BCUT2D eigenvalue weighted by atomic mass is 16.5. The van der Waals surface area contributed by atoms with Crippen LogP contribution in [0.1, 0.15) is 19.4 Å². The predicted molar refractivity (Wildman–Crippen MR) is 104 cm³/mol. The van der Waals surface area contributed by atoms with Gasteiger partial charge in [0, 0.05) is 32.7 Å². The number of nitrogens with zero attached hydrogens (tertiary/aromatic N) is 4. The van der Waals surface area contributed by atoms with Crippen molar-refractivity contribution < 1.29 is 4.74 Å². The van der Waals surface area contributed by atoms with E-state index in [2.05, 4.69) is 10.3 Å². The minimum Gasteiger partial charge on any atom is -0.497 e. The molecule has 3 rings (SSSR count). The Labute approximate surface area is 157 Å². The smallest absolute Gasteiger partial charge is 0.332 e. The highest BCUT2D eigenvalue weighted by molar-refractivity contribution is 5.70. The lowest BCUT2D eigenvalue weighted by atomic mass is 10.2. The second-order valence-electron chi connectivity index (χ2n) is 6.21. The van der Waals surface area contributed by atoms with Gasteiger partial charge >= 0.3 is 5.69 Å². The number of hydrogen-bond acceptors (Lipinski definition) is 5. The number of methoxy groups -OCH3 is 1. The summed E-state index contributed by atoms with van der Waals surface area (Å²) in [6.45, 7) is 6.47. The van der Waals surface area contributed by atoms with E-state index in [1.54, 1.807) is 24.9 Å². The molecule has 2 heterocycles. The molecule has 144 valence electrons. The zero-order valence-corrected chi connectivity index (χ0v) is 15.9. The molecular weight excluding hydrogens is 346 g/mol. The number of fused-ring (bicyclic) bond motifs is 1. The standard InChI is InChI=1S/C19H25N5O3/c1-4-23-17-16(18(25)24(5-2)19(23)26)22(13-21-17)11-10-20-12-14-6-8-15(27-3)9-7-14/h6-9,13,20H,4-5,10-12H2,1-3H3. The van der Waals surface area contributed by atoms with Crippen LogP contribution in [0.2, 0.25) is 0 Å². The highest BCUT2D eigenvalue weighted by Gasteiger charge is 2.16. The molecule has 0 amide bonds. The van der Waals surface area contributed by atoms with Gasteiger partial charge in [-0.3, -0.25) is 13.9 Å². The number of nitrogens with one attached hydrogen (secondary N) is 1. The maximum absolute atomic E-state index is 12.7. The summed E-state index contributed by atoms with van der Waals surface area (Å²) in [5, 5.41) is 3.36. The van der Waals surface area contributed by atoms with Gasteiger partial charge in [-0.2, -0.15) is 0 Å². The van der Waals surface area contributed by atoms with Crippen molar-refractivity contribution in [1.29, 1.82) is 0 Å². The number of rotatable bonds is 8. The van der Waals surface area contributed by atoms with Gasteiger partial charge < -0.3 is 14.6 Å². The lowest BCUT2D eigenvalue weighted by Crippen LogP contribution is -2.40. The van der Waals surface area contributed by atoms with Crippen LogP contribution < -0.4 is 21.3 Å². The van der Waals surface area contributed by atoms with Crippen LogP contribution in [0.4, 0.5) is 0 Å². The van der Waals surface area contributed by atoms with Crippen LogP contribution in [-0.4, -0.2) is 32.3 Å². The van der Waals surface area contributed by atoms with Crippen molar-refractivity contribution in [2.45, 2.75) is 40.0 Å². The summed E-state index contributed by atoms with van der Waals surface area (Å²) < 4.78 is 9.77. The third-order valence-corrected chi connectivity index (χ3v) is 4.63. The molecule has 1 aromatic carbocycles. The molecule has 0 radical (unpaired) electrons. The van der Waals surface area contributed by atoms with Crippen molar-refractivity contribution in [3.63, 3.8) is 0 Å². The molecular formula is C19H25N5O3. The summed E-state index contributed by atoms with van der Waals surface area (Å²) >= 11 is 0. The molecule has 0 spiro atoms. The number of aromatic nitrogens is 4. The molecule has 27 heavy (non-hydrogen) atoms. The Hall–Kier alpha value is -2.87. The summed E-state index contributed by atoms with van der Waals surface area (Å²) in [5.74, 6) is 0.831. The molecule has 0 bridgehead atoms. The third kappa shape index (κ3) is 3.66. The second-order valence-corrected chi connectivity index (χ2v) is 6.21. The van der Waals surface area contributed by atoms with Crippen LogP contribution in [-0.2, 0) is 26.2 Å². The maximum Gasteiger partial charge on any atom is 0.332 e. The van der Waals surface area contributed by atoms with Crippen LogP contribution in [0.25, 0.3) is 11.2 Å².